The molecule has 0 saturated heterocycles. The molecule has 166 valence electrons. The summed E-state index contributed by atoms with van der Waals surface area (Å²) in [6.45, 7) is 0. The second-order valence-electron chi connectivity index (χ2n) is 9.81. The fourth-order valence-electron chi connectivity index (χ4n) is 7.00. The van der Waals surface area contributed by atoms with E-state index in [-0.39, 0.29) is 5.41 Å². The standard InChI is InChI=1S/C31H21BO3/c33-32(34)28-15-7-11-21-23-16-27-22(17-29(23)35-30(21)28)20-10-3-6-14-26(20)31(27)24-12-4-1-8-18(24)19-9-2-5-13-25(19)31/h1-8,10-17,19,33-34H,9H2. The van der Waals surface area contributed by atoms with Crippen LogP contribution in [-0.2, 0) is 5.41 Å². The number of hydrogen-bond donors (Lipinski definition) is 2. The van der Waals surface area contributed by atoms with E-state index in [1.807, 2.05) is 12.1 Å². The maximum absolute atomic E-state index is 9.93. The van der Waals surface area contributed by atoms with Gasteiger partial charge in [0.1, 0.15) is 11.2 Å². The Morgan fingerprint density at radius 1 is 0.800 bits per heavy atom. The molecule has 2 atom stereocenters. The summed E-state index contributed by atoms with van der Waals surface area (Å²) in [5.41, 5.74) is 10.6. The van der Waals surface area contributed by atoms with E-state index >= 15 is 0 Å². The molecule has 3 aliphatic rings. The Bertz CT molecular complexity index is 1770. The van der Waals surface area contributed by atoms with Crippen molar-refractivity contribution < 1.29 is 14.5 Å². The Labute approximate surface area is 202 Å². The van der Waals surface area contributed by atoms with Gasteiger partial charge >= 0.3 is 7.12 Å². The average Bonchev–Trinajstić information content (AvgIpc) is 3.51. The summed E-state index contributed by atoms with van der Waals surface area (Å²) < 4.78 is 6.27. The maximum atomic E-state index is 9.93. The SMILES string of the molecule is OB(O)c1cccc2c1oc1cc3c(cc12)C1(C2=CC=CCC2c2ccccc21)c1ccccc1-3. The van der Waals surface area contributed by atoms with Crippen molar-refractivity contribution in [1.82, 2.24) is 0 Å². The highest BCUT2D eigenvalue weighted by atomic mass is 16.4. The first-order valence-corrected chi connectivity index (χ1v) is 12.1. The van der Waals surface area contributed by atoms with Crippen molar-refractivity contribution in [3.8, 4) is 11.1 Å². The number of furan rings is 1. The van der Waals surface area contributed by atoms with Gasteiger partial charge in [-0.3, -0.25) is 0 Å². The van der Waals surface area contributed by atoms with Crippen LogP contribution < -0.4 is 5.46 Å². The van der Waals surface area contributed by atoms with E-state index < -0.39 is 7.12 Å². The zero-order valence-corrected chi connectivity index (χ0v) is 18.9. The second-order valence-corrected chi connectivity index (χ2v) is 9.81. The molecule has 4 heteroatoms. The number of allylic oxidation sites excluding steroid dienone is 4. The molecule has 8 rings (SSSR count). The van der Waals surface area contributed by atoms with Crippen LogP contribution in [0.4, 0.5) is 0 Å². The summed E-state index contributed by atoms with van der Waals surface area (Å²) in [4.78, 5) is 0. The lowest BCUT2D eigenvalue weighted by Crippen LogP contribution is -2.29. The molecule has 3 aliphatic carbocycles. The van der Waals surface area contributed by atoms with Crippen molar-refractivity contribution in [1.29, 1.82) is 0 Å². The summed E-state index contributed by atoms with van der Waals surface area (Å²) in [6, 6.07) is 27.7. The molecule has 35 heavy (non-hydrogen) atoms. The van der Waals surface area contributed by atoms with Gasteiger partial charge in [-0.05, 0) is 57.5 Å². The number of para-hydroxylation sites is 1. The first-order chi connectivity index (χ1) is 17.2. The average molecular weight is 452 g/mol. The topological polar surface area (TPSA) is 53.6 Å². The lowest BCUT2D eigenvalue weighted by atomic mass is 9.68. The molecule has 1 spiro atoms. The molecule has 1 aromatic heterocycles. The van der Waals surface area contributed by atoms with E-state index in [0.29, 0.717) is 17.0 Å². The number of hydrogen-bond acceptors (Lipinski definition) is 3. The van der Waals surface area contributed by atoms with Crippen molar-refractivity contribution in [3.63, 3.8) is 0 Å². The maximum Gasteiger partial charge on any atom is 0.492 e. The minimum atomic E-state index is -1.58. The van der Waals surface area contributed by atoms with Crippen molar-refractivity contribution >= 4 is 34.5 Å². The molecule has 0 fully saturated rings. The van der Waals surface area contributed by atoms with Crippen molar-refractivity contribution in [2.45, 2.75) is 17.8 Å². The number of fused-ring (bicyclic) bond motifs is 13. The third-order valence-corrected chi connectivity index (χ3v) is 8.30. The number of benzene rings is 4. The Hall–Kier alpha value is -3.86. The van der Waals surface area contributed by atoms with E-state index in [1.165, 1.54) is 39.0 Å². The quantitative estimate of drug-likeness (QED) is 0.327. The first-order valence-electron chi connectivity index (χ1n) is 12.1. The molecule has 0 saturated carbocycles. The Kier molecular flexibility index (Phi) is 3.68. The third-order valence-electron chi connectivity index (χ3n) is 8.30. The normalized spacial score (nSPS) is 21.2. The summed E-state index contributed by atoms with van der Waals surface area (Å²) in [5, 5.41) is 21.8. The van der Waals surface area contributed by atoms with Gasteiger partial charge in [-0.2, -0.15) is 0 Å². The summed E-state index contributed by atoms with van der Waals surface area (Å²) in [7, 11) is -1.58. The molecular formula is C31H21BO3. The second kappa shape index (κ2) is 6.63. The van der Waals surface area contributed by atoms with Crippen LogP contribution in [0.3, 0.4) is 0 Å². The minimum absolute atomic E-state index is 0.343. The van der Waals surface area contributed by atoms with Crippen LogP contribution in [0.1, 0.15) is 34.6 Å². The van der Waals surface area contributed by atoms with Gasteiger partial charge in [0.2, 0.25) is 0 Å². The van der Waals surface area contributed by atoms with E-state index in [1.54, 1.807) is 6.07 Å². The Morgan fingerprint density at radius 3 is 2.51 bits per heavy atom. The largest absolute Gasteiger partial charge is 0.492 e. The predicted molar refractivity (Wildman–Crippen MR) is 140 cm³/mol. The fraction of sp³-hybridized carbons (Fsp3) is 0.0968. The van der Waals surface area contributed by atoms with E-state index in [2.05, 4.69) is 78.9 Å². The zero-order chi connectivity index (χ0) is 23.3. The molecule has 5 aromatic rings. The van der Waals surface area contributed by atoms with E-state index in [0.717, 1.165) is 22.8 Å². The van der Waals surface area contributed by atoms with Crippen LogP contribution in [0.15, 0.2) is 107 Å². The fourth-order valence-corrected chi connectivity index (χ4v) is 7.00. The van der Waals surface area contributed by atoms with Gasteiger partial charge in [0, 0.05) is 22.2 Å². The van der Waals surface area contributed by atoms with Crippen LogP contribution in [0.25, 0.3) is 33.1 Å². The van der Waals surface area contributed by atoms with Crippen molar-refractivity contribution in [3.05, 3.63) is 125 Å². The highest BCUT2D eigenvalue weighted by Gasteiger charge is 2.54. The summed E-state index contributed by atoms with van der Waals surface area (Å²) in [6.07, 6.45) is 7.83. The molecular weight excluding hydrogens is 431 g/mol. The molecule has 1 heterocycles. The van der Waals surface area contributed by atoms with Crippen LogP contribution in [0.2, 0.25) is 0 Å². The monoisotopic (exact) mass is 452 g/mol. The molecule has 0 aliphatic heterocycles. The van der Waals surface area contributed by atoms with Crippen LogP contribution >= 0.6 is 0 Å². The van der Waals surface area contributed by atoms with Gasteiger partial charge in [0.15, 0.2) is 0 Å². The molecule has 3 nitrogen and oxygen atoms in total. The first kappa shape index (κ1) is 19.5. The van der Waals surface area contributed by atoms with Gasteiger partial charge in [0.25, 0.3) is 0 Å². The Morgan fingerprint density at radius 2 is 1.63 bits per heavy atom. The van der Waals surface area contributed by atoms with Crippen LogP contribution in [-0.4, -0.2) is 17.2 Å². The van der Waals surface area contributed by atoms with Crippen molar-refractivity contribution in [2.75, 3.05) is 0 Å². The van der Waals surface area contributed by atoms with Crippen LogP contribution in [0.5, 0.6) is 0 Å². The molecule has 2 N–H and O–H groups in total. The molecule has 0 radical (unpaired) electrons. The molecule has 0 amide bonds. The Balaban J connectivity index is 1.55. The van der Waals surface area contributed by atoms with E-state index in [4.69, 9.17) is 4.42 Å². The van der Waals surface area contributed by atoms with E-state index in [9.17, 15) is 10.0 Å². The smallest absolute Gasteiger partial charge is 0.456 e. The minimum Gasteiger partial charge on any atom is -0.456 e. The molecule has 4 aromatic carbocycles. The lowest BCUT2D eigenvalue weighted by molar-refractivity contribution is 0.425. The summed E-state index contributed by atoms with van der Waals surface area (Å²) in [5.74, 6) is 0.364. The van der Waals surface area contributed by atoms with Gasteiger partial charge in [-0.15, -0.1) is 0 Å². The third kappa shape index (κ3) is 2.24. The zero-order valence-electron chi connectivity index (χ0n) is 18.9. The lowest BCUT2D eigenvalue weighted by Gasteiger charge is -2.32. The van der Waals surface area contributed by atoms with Crippen LogP contribution in [0, 0.1) is 0 Å². The van der Waals surface area contributed by atoms with Gasteiger partial charge in [-0.25, -0.2) is 0 Å². The summed E-state index contributed by atoms with van der Waals surface area (Å²) >= 11 is 0. The number of rotatable bonds is 1. The molecule has 2 unspecified atom stereocenters. The molecule has 0 bridgehead atoms. The van der Waals surface area contributed by atoms with Gasteiger partial charge in [-0.1, -0.05) is 85.0 Å². The highest BCUT2D eigenvalue weighted by Crippen LogP contribution is 2.65. The van der Waals surface area contributed by atoms with Crippen molar-refractivity contribution in [2.24, 2.45) is 0 Å². The van der Waals surface area contributed by atoms with Gasteiger partial charge in [0.05, 0.1) is 5.41 Å². The highest BCUT2D eigenvalue weighted by molar-refractivity contribution is 6.61. The predicted octanol–water partition coefficient (Wildman–Crippen LogP) is 5.56. The van der Waals surface area contributed by atoms with Gasteiger partial charge < -0.3 is 14.5 Å².